The first-order chi connectivity index (χ1) is 18.9. The fraction of sp³-hybridized carbons (Fsp3) is 0.889. The second-order valence-electron chi connectivity index (χ2n) is 11.3. The Morgan fingerprint density at radius 3 is 1.49 bits per heavy atom. The zero-order valence-corrected chi connectivity index (χ0v) is 22.7. The van der Waals surface area contributed by atoms with Crippen molar-refractivity contribution in [3.05, 3.63) is 0 Å². The van der Waals surface area contributed by atoms with Gasteiger partial charge in [0.15, 0.2) is 18.5 Å². The highest BCUT2D eigenvalue weighted by Gasteiger charge is 2.50. The van der Waals surface area contributed by atoms with Gasteiger partial charge in [0.1, 0.15) is 18.8 Å². The number of carbonyl (C=O) groups is 3. The smallest absolute Gasteiger partial charge is 0.407 e. The van der Waals surface area contributed by atoms with E-state index in [1.807, 2.05) is 0 Å². The molecule has 0 unspecified atom stereocenters. The van der Waals surface area contributed by atoms with E-state index in [9.17, 15) is 24.6 Å². The van der Waals surface area contributed by atoms with Crippen LogP contribution in [0.4, 0.5) is 14.4 Å². The van der Waals surface area contributed by atoms with Gasteiger partial charge in [0, 0.05) is 18.1 Å². The van der Waals surface area contributed by atoms with Crippen LogP contribution in [0, 0.1) is 0 Å². The summed E-state index contributed by atoms with van der Waals surface area (Å²) >= 11 is 0. The van der Waals surface area contributed by atoms with Crippen molar-refractivity contribution in [1.29, 1.82) is 0 Å². The SMILES string of the molecule is O=C(NC1CCCCC1)OC[C@H]1O[C@@H](O)[C@H](OC(=O)NC2CCCCC2)[C@@H](OC(=O)NC2CCCCC2)[C@@H]1O. The van der Waals surface area contributed by atoms with Crippen LogP contribution in [0.2, 0.25) is 0 Å². The molecule has 4 rings (SSSR count). The molecule has 12 heteroatoms. The van der Waals surface area contributed by atoms with Crippen LogP contribution in [0.5, 0.6) is 0 Å². The molecular weight excluding hydrogens is 510 g/mol. The van der Waals surface area contributed by atoms with Gasteiger partial charge in [-0.25, -0.2) is 14.4 Å². The van der Waals surface area contributed by atoms with Gasteiger partial charge in [-0.05, 0) is 38.5 Å². The Hall–Kier alpha value is -2.31. The van der Waals surface area contributed by atoms with Crippen molar-refractivity contribution in [2.75, 3.05) is 6.61 Å². The predicted molar refractivity (Wildman–Crippen MR) is 139 cm³/mol. The Morgan fingerprint density at radius 2 is 1.03 bits per heavy atom. The molecule has 222 valence electrons. The van der Waals surface area contributed by atoms with Gasteiger partial charge in [-0.3, -0.25) is 0 Å². The van der Waals surface area contributed by atoms with Crippen LogP contribution in [0.25, 0.3) is 0 Å². The quantitative estimate of drug-likeness (QED) is 0.297. The molecule has 0 aromatic rings. The van der Waals surface area contributed by atoms with Crippen LogP contribution < -0.4 is 16.0 Å². The minimum atomic E-state index is -1.71. The number of hydrogen-bond acceptors (Lipinski definition) is 9. The number of carbonyl (C=O) groups excluding carboxylic acids is 3. The summed E-state index contributed by atoms with van der Waals surface area (Å²) in [6.07, 6.45) is 4.93. The predicted octanol–water partition coefficient (Wildman–Crippen LogP) is 2.98. The number of alkyl carbamates (subject to hydrolysis) is 3. The van der Waals surface area contributed by atoms with Crippen LogP contribution >= 0.6 is 0 Å². The molecular formula is C27H45N3O9. The summed E-state index contributed by atoms with van der Waals surface area (Å²) in [7, 11) is 0. The van der Waals surface area contributed by atoms with Gasteiger partial charge in [-0.1, -0.05) is 57.8 Å². The molecule has 5 atom stereocenters. The van der Waals surface area contributed by atoms with Gasteiger partial charge in [0.25, 0.3) is 0 Å². The highest BCUT2D eigenvalue weighted by molar-refractivity contribution is 5.69. The molecule has 0 aromatic carbocycles. The summed E-state index contributed by atoms with van der Waals surface area (Å²) in [5.74, 6) is 0. The van der Waals surface area contributed by atoms with E-state index >= 15 is 0 Å². The van der Waals surface area contributed by atoms with E-state index in [-0.39, 0.29) is 24.7 Å². The fourth-order valence-corrected chi connectivity index (χ4v) is 6.06. The first-order valence-corrected chi connectivity index (χ1v) is 14.8. The van der Waals surface area contributed by atoms with E-state index < -0.39 is 49.0 Å². The van der Waals surface area contributed by atoms with Gasteiger partial charge < -0.3 is 45.1 Å². The molecule has 39 heavy (non-hydrogen) atoms. The van der Waals surface area contributed by atoms with E-state index in [1.165, 1.54) is 0 Å². The number of nitrogens with one attached hydrogen (secondary N) is 3. The lowest BCUT2D eigenvalue weighted by Gasteiger charge is -2.41. The molecule has 1 saturated heterocycles. The first-order valence-electron chi connectivity index (χ1n) is 14.8. The van der Waals surface area contributed by atoms with Crippen molar-refractivity contribution < 1.29 is 43.5 Å². The second-order valence-corrected chi connectivity index (χ2v) is 11.3. The maximum absolute atomic E-state index is 12.8. The van der Waals surface area contributed by atoms with Crippen LogP contribution in [-0.4, -0.2) is 83.9 Å². The van der Waals surface area contributed by atoms with Gasteiger partial charge in [0.2, 0.25) is 0 Å². The molecule has 5 N–H and O–H groups in total. The normalized spacial score (nSPS) is 31.1. The molecule has 4 fully saturated rings. The maximum atomic E-state index is 12.8. The molecule has 0 aromatic heterocycles. The Kier molecular flexibility index (Phi) is 11.3. The van der Waals surface area contributed by atoms with E-state index in [4.69, 9.17) is 18.9 Å². The molecule has 4 aliphatic rings. The standard InChI is InChI=1S/C27H45N3O9/c31-21-20(16-36-25(33)28-17-10-4-1-5-11-17)37-24(32)23(39-27(35)30-19-14-8-3-9-15-19)22(21)38-26(34)29-18-12-6-2-7-13-18/h17-24,31-32H,1-16H2,(H,28,33)(H,29,34)(H,30,35)/t20-,21-,22+,23-,24-/m1/s1. The number of amides is 3. The molecule has 3 amide bonds. The Bertz CT molecular complexity index is 797. The van der Waals surface area contributed by atoms with Gasteiger partial charge in [0.05, 0.1) is 0 Å². The number of rotatable bonds is 7. The molecule has 0 spiro atoms. The average molecular weight is 556 g/mol. The summed E-state index contributed by atoms with van der Waals surface area (Å²) in [5, 5.41) is 30.2. The molecule has 12 nitrogen and oxygen atoms in total. The maximum Gasteiger partial charge on any atom is 0.407 e. The summed E-state index contributed by atoms with van der Waals surface area (Å²) < 4.78 is 21.7. The number of aliphatic hydroxyl groups is 2. The topological polar surface area (TPSA) is 165 Å². The van der Waals surface area contributed by atoms with Gasteiger partial charge >= 0.3 is 18.3 Å². The number of ether oxygens (including phenoxy) is 4. The van der Waals surface area contributed by atoms with Crippen molar-refractivity contribution in [3.8, 4) is 0 Å². The van der Waals surface area contributed by atoms with Crippen LogP contribution in [0.1, 0.15) is 96.3 Å². The Morgan fingerprint density at radius 1 is 0.615 bits per heavy atom. The van der Waals surface area contributed by atoms with E-state index in [0.717, 1.165) is 96.3 Å². The van der Waals surface area contributed by atoms with Crippen molar-refractivity contribution in [2.24, 2.45) is 0 Å². The Balaban J connectivity index is 1.36. The molecule has 0 radical (unpaired) electrons. The number of hydrogen-bond donors (Lipinski definition) is 5. The first kappa shape index (κ1) is 29.7. The van der Waals surface area contributed by atoms with Crippen LogP contribution in [-0.2, 0) is 18.9 Å². The molecule has 3 aliphatic carbocycles. The lowest BCUT2D eigenvalue weighted by atomic mass is 9.95. The van der Waals surface area contributed by atoms with Crippen molar-refractivity contribution >= 4 is 18.3 Å². The number of aliphatic hydroxyl groups excluding tert-OH is 2. The zero-order chi connectivity index (χ0) is 27.6. The lowest BCUT2D eigenvalue weighted by molar-refractivity contribution is -0.284. The van der Waals surface area contributed by atoms with Crippen molar-refractivity contribution in [2.45, 2.75) is 145 Å². The summed E-state index contributed by atoms with van der Waals surface area (Å²) in [6, 6.07) is -0.0607. The minimum Gasteiger partial charge on any atom is -0.447 e. The van der Waals surface area contributed by atoms with Crippen molar-refractivity contribution in [3.63, 3.8) is 0 Å². The third-order valence-corrected chi connectivity index (χ3v) is 8.28. The summed E-state index contributed by atoms with van der Waals surface area (Å²) in [4.78, 5) is 37.7. The highest BCUT2D eigenvalue weighted by Crippen LogP contribution is 2.27. The van der Waals surface area contributed by atoms with E-state index in [0.29, 0.717) is 0 Å². The van der Waals surface area contributed by atoms with E-state index in [1.54, 1.807) is 0 Å². The van der Waals surface area contributed by atoms with E-state index in [2.05, 4.69) is 16.0 Å². The third kappa shape index (κ3) is 9.11. The molecule has 1 aliphatic heterocycles. The third-order valence-electron chi connectivity index (χ3n) is 8.28. The van der Waals surface area contributed by atoms with Crippen molar-refractivity contribution in [1.82, 2.24) is 16.0 Å². The van der Waals surface area contributed by atoms with Gasteiger partial charge in [-0.15, -0.1) is 0 Å². The largest absolute Gasteiger partial charge is 0.447 e. The summed E-state index contributed by atoms with van der Waals surface area (Å²) in [6.45, 7) is -0.387. The average Bonchev–Trinajstić information content (AvgIpc) is 2.93. The highest BCUT2D eigenvalue weighted by atomic mass is 16.7. The van der Waals surface area contributed by atoms with Gasteiger partial charge in [-0.2, -0.15) is 0 Å². The Labute approximate surface area is 229 Å². The van der Waals surface area contributed by atoms with Crippen LogP contribution in [0.3, 0.4) is 0 Å². The zero-order valence-electron chi connectivity index (χ0n) is 22.7. The fourth-order valence-electron chi connectivity index (χ4n) is 6.06. The lowest BCUT2D eigenvalue weighted by Crippen LogP contribution is -2.62. The van der Waals surface area contributed by atoms with Crippen LogP contribution in [0.15, 0.2) is 0 Å². The summed E-state index contributed by atoms with van der Waals surface area (Å²) in [5.41, 5.74) is 0. The minimum absolute atomic E-state index is 0.0362. The molecule has 1 heterocycles. The molecule has 3 saturated carbocycles. The monoisotopic (exact) mass is 555 g/mol. The second kappa shape index (κ2) is 14.9. The molecule has 0 bridgehead atoms.